The number of aryl methyl sites for hydroxylation is 1. The van der Waals surface area contributed by atoms with Crippen molar-refractivity contribution >= 4 is 21.8 Å². The molecule has 0 saturated carbocycles. The van der Waals surface area contributed by atoms with Gasteiger partial charge in [0, 0.05) is 17.7 Å². The maximum Gasteiger partial charge on any atom is 0.295 e. The third-order valence-electron chi connectivity index (χ3n) is 1.82. The molecule has 1 heterocycles. The first kappa shape index (κ1) is 11.1. The molecule has 0 atom stereocenters. The van der Waals surface area contributed by atoms with Gasteiger partial charge in [-0.25, -0.2) is 5.06 Å². The predicted octanol–water partition coefficient (Wildman–Crippen LogP) is 1.79. The molecule has 4 nitrogen and oxygen atoms in total. The number of rotatable bonds is 2. The summed E-state index contributed by atoms with van der Waals surface area (Å²) in [4.78, 5) is 20.3. The number of hydrogen-bond donors (Lipinski definition) is 0. The van der Waals surface area contributed by atoms with E-state index in [9.17, 15) is 4.79 Å². The van der Waals surface area contributed by atoms with Crippen molar-refractivity contribution in [1.29, 1.82) is 0 Å². The lowest BCUT2D eigenvalue weighted by atomic mass is 10.2. The monoisotopic (exact) mass is 258 g/mol. The lowest BCUT2D eigenvalue weighted by Crippen LogP contribution is -2.26. The maximum atomic E-state index is 11.6. The highest BCUT2D eigenvalue weighted by atomic mass is 79.9. The minimum Gasteiger partial charge on any atom is -0.274 e. The van der Waals surface area contributed by atoms with Crippen molar-refractivity contribution < 1.29 is 9.63 Å². The molecule has 1 aromatic rings. The number of pyridine rings is 1. The van der Waals surface area contributed by atoms with Crippen LogP contribution >= 0.6 is 15.9 Å². The number of carbonyl (C=O) groups excluding carboxylic acids is 1. The smallest absolute Gasteiger partial charge is 0.274 e. The molecule has 0 unspecified atom stereocenters. The van der Waals surface area contributed by atoms with Gasteiger partial charge in [-0.05, 0) is 18.6 Å². The van der Waals surface area contributed by atoms with Crippen LogP contribution in [0.2, 0.25) is 0 Å². The van der Waals surface area contributed by atoms with E-state index >= 15 is 0 Å². The van der Waals surface area contributed by atoms with Gasteiger partial charge in [-0.15, -0.1) is 0 Å². The van der Waals surface area contributed by atoms with Gasteiger partial charge in [0.1, 0.15) is 5.69 Å². The third-order valence-corrected chi connectivity index (χ3v) is 2.67. The van der Waals surface area contributed by atoms with E-state index in [2.05, 4.69) is 20.9 Å². The molecular weight excluding hydrogens is 248 g/mol. The maximum absolute atomic E-state index is 11.6. The van der Waals surface area contributed by atoms with E-state index in [1.807, 2.05) is 6.92 Å². The summed E-state index contributed by atoms with van der Waals surface area (Å²) in [7, 11) is 2.97. The van der Waals surface area contributed by atoms with E-state index in [-0.39, 0.29) is 5.91 Å². The van der Waals surface area contributed by atoms with E-state index in [4.69, 9.17) is 4.84 Å². The van der Waals surface area contributed by atoms with Gasteiger partial charge in [-0.3, -0.25) is 14.6 Å². The number of halogens is 1. The largest absolute Gasteiger partial charge is 0.295 e. The highest BCUT2D eigenvalue weighted by molar-refractivity contribution is 9.10. The minimum absolute atomic E-state index is 0.270. The van der Waals surface area contributed by atoms with Crippen molar-refractivity contribution in [2.45, 2.75) is 6.92 Å². The van der Waals surface area contributed by atoms with Crippen molar-refractivity contribution in [2.75, 3.05) is 14.2 Å². The zero-order chi connectivity index (χ0) is 10.7. The van der Waals surface area contributed by atoms with Crippen LogP contribution in [-0.2, 0) is 4.84 Å². The molecule has 0 aliphatic rings. The SMILES string of the molecule is CON(C)C(=O)c1cc(Br)c(C)cn1. The molecule has 1 rings (SSSR count). The predicted molar refractivity (Wildman–Crippen MR) is 55.8 cm³/mol. The zero-order valence-corrected chi connectivity index (χ0v) is 9.83. The van der Waals surface area contributed by atoms with Crippen LogP contribution in [0.4, 0.5) is 0 Å². The van der Waals surface area contributed by atoms with E-state index in [0.29, 0.717) is 5.69 Å². The Morgan fingerprint density at radius 1 is 1.64 bits per heavy atom. The Kier molecular flexibility index (Phi) is 3.60. The number of carbonyl (C=O) groups is 1. The summed E-state index contributed by atoms with van der Waals surface area (Å²) in [6.45, 7) is 1.91. The number of aromatic nitrogens is 1. The summed E-state index contributed by atoms with van der Waals surface area (Å²) in [5.41, 5.74) is 1.34. The van der Waals surface area contributed by atoms with E-state index in [0.717, 1.165) is 15.1 Å². The van der Waals surface area contributed by atoms with Crippen LogP contribution in [0.25, 0.3) is 0 Å². The Hall–Kier alpha value is -0.940. The van der Waals surface area contributed by atoms with Crippen LogP contribution < -0.4 is 0 Å². The molecule has 1 amide bonds. The van der Waals surface area contributed by atoms with Crippen molar-refractivity contribution in [3.63, 3.8) is 0 Å². The molecule has 0 saturated heterocycles. The minimum atomic E-state index is -0.270. The summed E-state index contributed by atoms with van der Waals surface area (Å²) in [5.74, 6) is -0.270. The van der Waals surface area contributed by atoms with Gasteiger partial charge in [-0.1, -0.05) is 15.9 Å². The van der Waals surface area contributed by atoms with Crippen LogP contribution in [-0.4, -0.2) is 30.1 Å². The average Bonchev–Trinajstić information content (AvgIpc) is 2.20. The second-order valence-corrected chi connectivity index (χ2v) is 3.66. The van der Waals surface area contributed by atoms with Gasteiger partial charge in [0.15, 0.2) is 0 Å². The Balaban J connectivity index is 2.97. The number of nitrogens with zero attached hydrogens (tertiary/aromatic N) is 2. The second kappa shape index (κ2) is 4.52. The molecule has 0 bridgehead atoms. The van der Waals surface area contributed by atoms with E-state index in [1.54, 1.807) is 12.3 Å². The molecule has 1 aromatic heterocycles. The van der Waals surface area contributed by atoms with Gasteiger partial charge >= 0.3 is 0 Å². The first-order valence-electron chi connectivity index (χ1n) is 4.00. The Bertz CT molecular complexity index is 355. The molecule has 0 radical (unpaired) electrons. The van der Waals surface area contributed by atoms with Gasteiger partial charge in [0.2, 0.25) is 0 Å². The standard InChI is InChI=1S/C9H11BrN2O2/c1-6-5-11-8(4-7(6)10)9(13)12(2)14-3/h4-5H,1-3H3. The van der Waals surface area contributed by atoms with Crippen LogP contribution in [0.3, 0.4) is 0 Å². The molecule has 0 aliphatic heterocycles. The van der Waals surface area contributed by atoms with Gasteiger partial charge < -0.3 is 0 Å². The highest BCUT2D eigenvalue weighted by Gasteiger charge is 2.13. The topological polar surface area (TPSA) is 42.4 Å². The fraction of sp³-hybridized carbons (Fsp3) is 0.333. The molecule has 0 aromatic carbocycles. The molecule has 0 spiro atoms. The van der Waals surface area contributed by atoms with Crippen LogP contribution in [0.5, 0.6) is 0 Å². The summed E-state index contributed by atoms with van der Waals surface area (Å²) in [5, 5.41) is 1.13. The van der Waals surface area contributed by atoms with Crippen molar-refractivity contribution in [3.05, 3.63) is 28.0 Å². The molecule has 0 fully saturated rings. The van der Waals surface area contributed by atoms with Gasteiger partial charge in [-0.2, -0.15) is 0 Å². The lowest BCUT2D eigenvalue weighted by Gasteiger charge is -2.13. The van der Waals surface area contributed by atoms with Gasteiger partial charge in [0.05, 0.1) is 7.11 Å². The summed E-state index contributed by atoms with van der Waals surface area (Å²) >= 11 is 3.33. The van der Waals surface area contributed by atoms with Crippen LogP contribution in [0.1, 0.15) is 16.1 Å². The molecule has 0 N–H and O–H groups in total. The molecule has 76 valence electrons. The quantitative estimate of drug-likeness (QED) is 0.760. The Labute approximate surface area is 91.0 Å². The van der Waals surface area contributed by atoms with E-state index < -0.39 is 0 Å². The zero-order valence-electron chi connectivity index (χ0n) is 8.24. The lowest BCUT2D eigenvalue weighted by molar-refractivity contribution is -0.0760. The van der Waals surface area contributed by atoms with Crippen molar-refractivity contribution in [1.82, 2.24) is 10.0 Å². The molecular formula is C9H11BrN2O2. The molecule has 14 heavy (non-hydrogen) atoms. The fourth-order valence-electron chi connectivity index (χ4n) is 0.860. The van der Waals surface area contributed by atoms with Crippen molar-refractivity contribution in [3.8, 4) is 0 Å². The number of amides is 1. The molecule has 0 aliphatic carbocycles. The molecule has 5 heteroatoms. The summed E-state index contributed by atoms with van der Waals surface area (Å²) in [6.07, 6.45) is 1.64. The third kappa shape index (κ3) is 2.30. The highest BCUT2D eigenvalue weighted by Crippen LogP contribution is 2.16. The van der Waals surface area contributed by atoms with Crippen molar-refractivity contribution in [2.24, 2.45) is 0 Å². The number of hydrogen-bond acceptors (Lipinski definition) is 3. The Morgan fingerprint density at radius 2 is 2.29 bits per heavy atom. The van der Waals surface area contributed by atoms with Gasteiger partial charge in [0.25, 0.3) is 5.91 Å². The van der Waals surface area contributed by atoms with E-state index in [1.165, 1.54) is 14.2 Å². The normalized spacial score (nSPS) is 10.0. The first-order valence-corrected chi connectivity index (χ1v) is 4.80. The second-order valence-electron chi connectivity index (χ2n) is 2.80. The fourth-order valence-corrected chi connectivity index (χ4v) is 1.18. The Morgan fingerprint density at radius 3 is 2.79 bits per heavy atom. The summed E-state index contributed by atoms with van der Waals surface area (Å²) < 4.78 is 0.861. The average molecular weight is 259 g/mol. The van der Waals surface area contributed by atoms with Crippen LogP contribution in [0.15, 0.2) is 16.7 Å². The number of hydroxylamine groups is 2. The van der Waals surface area contributed by atoms with Crippen LogP contribution in [0, 0.1) is 6.92 Å². The first-order chi connectivity index (χ1) is 6.56. The summed E-state index contributed by atoms with van der Waals surface area (Å²) in [6, 6.07) is 1.67.